The third-order valence-corrected chi connectivity index (χ3v) is 2.53. The van der Waals surface area contributed by atoms with E-state index in [2.05, 4.69) is 15.1 Å². The Labute approximate surface area is 103 Å². The molecule has 0 aromatic carbocycles. The number of H-pyrrole nitrogens is 1. The van der Waals surface area contributed by atoms with Gasteiger partial charge in [0.1, 0.15) is 0 Å². The summed E-state index contributed by atoms with van der Waals surface area (Å²) in [6.45, 7) is 1.91. The number of rotatable bonds is 1. The number of hydrogen-bond acceptors (Lipinski definition) is 4. The summed E-state index contributed by atoms with van der Waals surface area (Å²) in [6.07, 6.45) is 3.58. The second-order valence-corrected chi connectivity index (χ2v) is 3.43. The van der Waals surface area contributed by atoms with Crippen molar-refractivity contribution >= 4 is 23.2 Å². The van der Waals surface area contributed by atoms with E-state index in [4.69, 9.17) is 5.73 Å². The Kier molecular flexibility index (Phi) is 3.53. The quantitative estimate of drug-likeness (QED) is 0.257. The molecule has 3 N–H and O–H groups in total. The summed E-state index contributed by atoms with van der Waals surface area (Å²) in [6, 6.07) is 0. The third-order valence-electron chi connectivity index (χ3n) is 1.90. The fourth-order valence-corrected chi connectivity index (χ4v) is 1.68. The summed E-state index contributed by atoms with van der Waals surface area (Å²) in [7, 11) is 0. The fraction of sp³-hybridized carbons (Fsp3) is 0.286. The fourth-order valence-electron chi connectivity index (χ4n) is 1.17. The van der Waals surface area contributed by atoms with Gasteiger partial charge in [-0.3, -0.25) is 0 Å². The van der Waals surface area contributed by atoms with Crippen LogP contribution in [-0.4, -0.2) is 21.3 Å². The predicted octanol–water partition coefficient (Wildman–Crippen LogP) is -2.84. The molecule has 0 aliphatic heterocycles. The van der Waals surface area contributed by atoms with E-state index >= 15 is 0 Å². The highest BCUT2D eigenvalue weighted by atomic mass is 127. The van der Waals surface area contributed by atoms with Crippen LogP contribution in [0.3, 0.4) is 0 Å². The molecule has 7 heteroatoms. The first-order chi connectivity index (χ1) is 6.24. The van der Waals surface area contributed by atoms with Crippen LogP contribution in [0.2, 0.25) is 0 Å². The molecule has 2 aromatic rings. The van der Waals surface area contributed by atoms with E-state index in [1.54, 1.807) is 6.33 Å². The maximum Gasteiger partial charge on any atom is 0.323 e. The zero-order valence-corrected chi connectivity index (χ0v) is 10.8. The summed E-state index contributed by atoms with van der Waals surface area (Å²) in [4.78, 5) is 8.39. The van der Waals surface area contributed by atoms with E-state index in [1.807, 2.05) is 17.7 Å². The van der Waals surface area contributed by atoms with Crippen molar-refractivity contribution in [3.8, 4) is 0 Å². The SMILES string of the molecule is CSc1nc(N)c(C)c2nc[nH][n+]12.[I-]. The van der Waals surface area contributed by atoms with Crippen LogP contribution in [0.25, 0.3) is 5.65 Å². The number of nitrogens with zero attached hydrogens (tertiary/aromatic N) is 3. The Morgan fingerprint density at radius 1 is 1.57 bits per heavy atom. The minimum Gasteiger partial charge on any atom is -1.00 e. The van der Waals surface area contributed by atoms with Crippen molar-refractivity contribution in [1.29, 1.82) is 0 Å². The number of hydrogen-bond donors (Lipinski definition) is 2. The van der Waals surface area contributed by atoms with Gasteiger partial charge in [0, 0.05) is 0 Å². The van der Waals surface area contributed by atoms with Gasteiger partial charge in [-0.25, -0.2) is 5.10 Å². The summed E-state index contributed by atoms with van der Waals surface area (Å²) < 4.78 is 1.82. The highest BCUT2D eigenvalue weighted by Gasteiger charge is 2.17. The number of halogens is 1. The Hall–Kier alpha value is -0.570. The Morgan fingerprint density at radius 3 is 2.93 bits per heavy atom. The summed E-state index contributed by atoms with van der Waals surface area (Å²) in [5.74, 6) is 0.538. The van der Waals surface area contributed by atoms with Gasteiger partial charge in [0.2, 0.25) is 5.82 Å². The zero-order chi connectivity index (χ0) is 9.42. The maximum atomic E-state index is 5.73. The molecule has 0 saturated heterocycles. The first-order valence-corrected chi connectivity index (χ1v) is 5.01. The summed E-state index contributed by atoms with van der Waals surface area (Å²) in [5.41, 5.74) is 7.46. The van der Waals surface area contributed by atoms with E-state index in [9.17, 15) is 0 Å². The lowest BCUT2D eigenvalue weighted by molar-refractivity contribution is -0.622. The first kappa shape index (κ1) is 11.5. The highest BCUT2D eigenvalue weighted by Crippen LogP contribution is 2.14. The van der Waals surface area contributed by atoms with Crippen LogP contribution in [0.15, 0.2) is 11.5 Å². The molecule has 0 aliphatic carbocycles. The van der Waals surface area contributed by atoms with Gasteiger partial charge in [-0.15, -0.1) is 4.52 Å². The van der Waals surface area contributed by atoms with Gasteiger partial charge in [-0.2, -0.15) is 0 Å². The van der Waals surface area contributed by atoms with Gasteiger partial charge in [-0.05, 0) is 13.2 Å². The van der Waals surface area contributed by atoms with E-state index in [0.717, 1.165) is 16.4 Å². The van der Waals surface area contributed by atoms with Crippen LogP contribution >= 0.6 is 11.8 Å². The number of thioether (sulfide) groups is 1. The molecule has 2 rings (SSSR count). The first-order valence-electron chi connectivity index (χ1n) is 3.79. The van der Waals surface area contributed by atoms with E-state index in [1.165, 1.54) is 11.8 Å². The standard InChI is InChI=1S/C7H9N5S.HI/c1-4-5(8)11-7(13-2)12-6(4)9-3-10-12;/h3H,1-2H3,(H2,8,9,10);1H. The van der Waals surface area contributed by atoms with Crippen molar-refractivity contribution in [2.24, 2.45) is 0 Å². The molecule has 0 radical (unpaired) electrons. The molecule has 0 bridgehead atoms. The smallest absolute Gasteiger partial charge is 0.323 e. The number of aromatic nitrogens is 4. The highest BCUT2D eigenvalue weighted by molar-refractivity contribution is 7.98. The van der Waals surface area contributed by atoms with Gasteiger partial charge < -0.3 is 29.7 Å². The van der Waals surface area contributed by atoms with E-state index in [0.29, 0.717) is 5.82 Å². The van der Waals surface area contributed by atoms with Crippen molar-refractivity contribution in [2.75, 3.05) is 12.0 Å². The predicted molar refractivity (Wildman–Crippen MR) is 50.5 cm³/mol. The lowest BCUT2D eigenvalue weighted by Crippen LogP contribution is -3.00. The molecule has 0 saturated carbocycles. The van der Waals surface area contributed by atoms with Crippen LogP contribution in [0.4, 0.5) is 5.82 Å². The molecule has 2 aromatic heterocycles. The largest absolute Gasteiger partial charge is 1.00 e. The normalized spacial score (nSPS) is 10.1. The summed E-state index contributed by atoms with van der Waals surface area (Å²) >= 11 is 1.53. The number of aromatic amines is 1. The van der Waals surface area contributed by atoms with Gasteiger partial charge in [0.05, 0.1) is 5.56 Å². The van der Waals surface area contributed by atoms with Crippen LogP contribution in [0.1, 0.15) is 5.56 Å². The van der Waals surface area contributed by atoms with Crippen molar-refractivity contribution in [2.45, 2.75) is 12.1 Å². The van der Waals surface area contributed by atoms with Gasteiger partial charge in [0.15, 0.2) is 6.33 Å². The van der Waals surface area contributed by atoms with Crippen LogP contribution in [0, 0.1) is 6.92 Å². The Morgan fingerprint density at radius 2 is 2.29 bits per heavy atom. The van der Waals surface area contributed by atoms with Crippen LogP contribution in [0.5, 0.6) is 0 Å². The van der Waals surface area contributed by atoms with Gasteiger partial charge >= 0.3 is 5.16 Å². The number of aryl methyl sites for hydroxylation is 1. The number of anilines is 1. The molecule has 5 nitrogen and oxygen atoms in total. The minimum absolute atomic E-state index is 0. The molecule has 0 atom stereocenters. The van der Waals surface area contributed by atoms with Crippen molar-refractivity contribution in [3.05, 3.63) is 11.9 Å². The molecule has 0 fully saturated rings. The van der Waals surface area contributed by atoms with Crippen molar-refractivity contribution < 1.29 is 28.5 Å². The molecule has 0 amide bonds. The Balaban J connectivity index is 0.000000980. The average molecular weight is 323 g/mol. The number of nitrogen functional groups attached to an aromatic ring is 1. The topological polar surface area (TPSA) is 71.7 Å². The number of fused-ring (bicyclic) bond motifs is 1. The molecule has 76 valence electrons. The molecule has 0 aliphatic rings. The van der Waals surface area contributed by atoms with E-state index < -0.39 is 0 Å². The van der Waals surface area contributed by atoms with E-state index in [-0.39, 0.29) is 24.0 Å². The maximum absolute atomic E-state index is 5.73. The molecular weight excluding hydrogens is 313 g/mol. The number of nitrogens with two attached hydrogens (primary N) is 1. The lowest BCUT2D eigenvalue weighted by Gasteiger charge is -1.96. The zero-order valence-electron chi connectivity index (χ0n) is 7.78. The molecule has 2 heterocycles. The average Bonchev–Trinajstić information content (AvgIpc) is 2.60. The second-order valence-electron chi connectivity index (χ2n) is 2.66. The van der Waals surface area contributed by atoms with Gasteiger partial charge in [0.25, 0.3) is 5.65 Å². The summed E-state index contributed by atoms with van der Waals surface area (Å²) in [5, 5.41) is 3.79. The molecule has 0 unspecified atom stereocenters. The van der Waals surface area contributed by atoms with Crippen LogP contribution < -0.4 is 34.2 Å². The third kappa shape index (κ3) is 1.65. The monoisotopic (exact) mass is 323 g/mol. The van der Waals surface area contributed by atoms with Crippen LogP contribution in [-0.2, 0) is 0 Å². The van der Waals surface area contributed by atoms with Crippen molar-refractivity contribution in [1.82, 2.24) is 15.1 Å². The molecule has 0 spiro atoms. The van der Waals surface area contributed by atoms with Crippen molar-refractivity contribution in [3.63, 3.8) is 0 Å². The Bertz CT molecular complexity index is 455. The molecule has 14 heavy (non-hydrogen) atoms. The second kappa shape index (κ2) is 4.30. The minimum atomic E-state index is 0. The van der Waals surface area contributed by atoms with Gasteiger partial charge in [-0.1, -0.05) is 21.7 Å². The number of nitrogens with one attached hydrogen (secondary N) is 1. The lowest BCUT2D eigenvalue weighted by atomic mass is 10.3. The molecular formula is C7H10IN5S.